The molecule has 2 aromatic rings. The van der Waals surface area contributed by atoms with E-state index in [4.69, 9.17) is 0 Å². The molecule has 0 unspecified atom stereocenters. The predicted octanol–water partition coefficient (Wildman–Crippen LogP) is 2.91. The number of hydrogen-bond donors (Lipinski definition) is 1. The highest BCUT2D eigenvalue weighted by atomic mass is 19.1. The van der Waals surface area contributed by atoms with Crippen LogP contribution >= 0.6 is 0 Å². The number of hydrogen-bond acceptors (Lipinski definition) is 3. The molecule has 0 aliphatic carbocycles. The lowest BCUT2D eigenvalue weighted by Gasteiger charge is -2.19. The zero-order valence-electron chi connectivity index (χ0n) is 11.0. The molecule has 0 radical (unpaired) electrons. The van der Waals surface area contributed by atoms with Crippen molar-refractivity contribution in [2.24, 2.45) is 0 Å². The lowest BCUT2D eigenvalue weighted by molar-refractivity contribution is 0.199. The zero-order valence-corrected chi connectivity index (χ0v) is 11.0. The maximum absolute atomic E-state index is 13.6. The van der Waals surface area contributed by atoms with Gasteiger partial charge in [-0.15, -0.1) is 0 Å². The van der Waals surface area contributed by atoms with Gasteiger partial charge in [-0.3, -0.25) is 0 Å². The van der Waals surface area contributed by atoms with Crippen LogP contribution < -0.4 is 4.90 Å². The van der Waals surface area contributed by atoms with E-state index in [0.29, 0.717) is 17.9 Å². The van der Waals surface area contributed by atoms with Crippen LogP contribution in [0.5, 0.6) is 0 Å². The van der Waals surface area contributed by atoms with Gasteiger partial charge < -0.3 is 10.0 Å². The molecular weight excluding hydrogens is 243 g/mol. The van der Waals surface area contributed by atoms with Crippen molar-refractivity contribution in [3.05, 3.63) is 59.5 Å². The van der Waals surface area contributed by atoms with Crippen LogP contribution in [0.1, 0.15) is 24.2 Å². The molecule has 0 aliphatic heterocycles. The summed E-state index contributed by atoms with van der Waals surface area (Å²) in [5, 5.41) is 9.56. The average Bonchev–Trinajstić information content (AvgIpc) is 2.41. The van der Waals surface area contributed by atoms with Gasteiger partial charge in [0.1, 0.15) is 11.6 Å². The second kappa shape index (κ2) is 5.80. The van der Waals surface area contributed by atoms with Crippen molar-refractivity contribution < 1.29 is 9.50 Å². The normalized spacial score (nSPS) is 12.2. The zero-order chi connectivity index (χ0) is 13.8. The average molecular weight is 260 g/mol. The fourth-order valence-electron chi connectivity index (χ4n) is 1.87. The van der Waals surface area contributed by atoms with E-state index in [1.165, 1.54) is 6.07 Å². The standard InChI is InChI=1S/C15H17FN2O/c1-11(19)12-7-8-17-15(9-12)18(2)10-13-5-3-4-6-14(13)16/h3-9,11,19H,10H2,1-2H3/t11-/m1/s1. The molecule has 0 amide bonds. The molecule has 1 atom stereocenters. The van der Waals surface area contributed by atoms with Gasteiger partial charge in [-0.1, -0.05) is 18.2 Å². The molecule has 1 aromatic heterocycles. The highest BCUT2D eigenvalue weighted by Crippen LogP contribution is 2.19. The quantitative estimate of drug-likeness (QED) is 0.918. The molecule has 3 nitrogen and oxygen atoms in total. The van der Waals surface area contributed by atoms with Gasteiger partial charge >= 0.3 is 0 Å². The van der Waals surface area contributed by atoms with Crippen molar-refractivity contribution in [1.82, 2.24) is 4.98 Å². The summed E-state index contributed by atoms with van der Waals surface area (Å²) in [7, 11) is 1.85. The molecule has 2 rings (SSSR count). The van der Waals surface area contributed by atoms with E-state index in [0.717, 1.165) is 5.56 Å². The lowest BCUT2D eigenvalue weighted by atomic mass is 10.1. The van der Waals surface area contributed by atoms with E-state index < -0.39 is 6.10 Å². The Morgan fingerprint density at radius 3 is 2.74 bits per heavy atom. The van der Waals surface area contributed by atoms with Crippen LogP contribution in [0, 0.1) is 5.82 Å². The van der Waals surface area contributed by atoms with Gasteiger partial charge in [0.2, 0.25) is 0 Å². The lowest BCUT2D eigenvalue weighted by Crippen LogP contribution is -2.18. The molecule has 0 saturated carbocycles. The van der Waals surface area contributed by atoms with Gasteiger partial charge in [0.25, 0.3) is 0 Å². The maximum atomic E-state index is 13.6. The number of rotatable bonds is 4. The van der Waals surface area contributed by atoms with Crippen molar-refractivity contribution >= 4 is 5.82 Å². The van der Waals surface area contributed by atoms with Crippen LogP contribution in [0.15, 0.2) is 42.6 Å². The number of anilines is 1. The molecule has 0 spiro atoms. The molecule has 0 fully saturated rings. The van der Waals surface area contributed by atoms with Crippen molar-refractivity contribution in [3.8, 4) is 0 Å². The third-order valence-corrected chi connectivity index (χ3v) is 3.01. The Labute approximate surface area is 112 Å². The molecule has 1 N–H and O–H groups in total. The smallest absolute Gasteiger partial charge is 0.128 e. The summed E-state index contributed by atoms with van der Waals surface area (Å²) in [4.78, 5) is 6.09. The first-order valence-corrected chi connectivity index (χ1v) is 6.16. The fraction of sp³-hybridized carbons (Fsp3) is 0.267. The van der Waals surface area contributed by atoms with E-state index in [-0.39, 0.29) is 5.82 Å². The Morgan fingerprint density at radius 2 is 2.05 bits per heavy atom. The summed E-state index contributed by atoms with van der Waals surface area (Å²) in [6, 6.07) is 10.3. The van der Waals surface area contributed by atoms with Crippen molar-refractivity contribution in [1.29, 1.82) is 0 Å². The minimum absolute atomic E-state index is 0.221. The summed E-state index contributed by atoms with van der Waals surface area (Å²) < 4.78 is 13.6. The molecule has 0 saturated heterocycles. The molecule has 0 aliphatic rings. The minimum atomic E-state index is -0.538. The summed E-state index contributed by atoms with van der Waals surface area (Å²) >= 11 is 0. The number of aliphatic hydroxyl groups is 1. The van der Waals surface area contributed by atoms with Crippen LogP contribution in [0.4, 0.5) is 10.2 Å². The van der Waals surface area contributed by atoms with Gasteiger partial charge in [-0.2, -0.15) is 0 Å². The van der Waals surface area contributed by atoms with Gasteiger partial charge in [0.05, 0.1) is 6.10 Å². The predicted molar refractivity (Wildman–Crippen MR) is 73.4 cm³/mol. The highest BCUT2D eigenvalue weighted by molar-refractivity contribution is 5.41. The van der Waals surface area contributed by atoms with Gasteiger partial charge in [0, 0.05) is 25.4 Å². The second-order valence-corrected chi connectivity index (χ2v) is 4.57. The number of halogens is 1. The van der Waals surface area contributed by atoms with Crippen molar-refractivity contribution in [2.45, 2.75) is 19.6 Å². The number of aliphatic hydroxyl groups excluding tert-OH is 1. The Kier molecular flexibility index (Phi) is 4.12. The number of aromatic nitrogens is 1. The Balaban J connectivity index is 2.18. The van der Waals surface area contributed by atoms with Gasteiger partial charge in [0.15, 0.2) is 0 Å². The number of benzene rings is 1. The summed E-state index contributed by atoms with van der Waals surface area (Å²) in [5.41, 5.74) is 1.42. The Hall–Kier alpha value is -1.94. The van der Waals surface area contributed by atoms with E-state index in [1.54, 1.807) is 31.3 Å². The first kappa shape index (κ1) is 13.5. The first-order valence-electron chi connectivity index (χ1n) is 6.16. The summed E-state index contributed by atoms with van der Waals surface area (Å²) in [6.45, 7) is 2.14. The second-order valence-electron chi connectivity index (χ2n) is 4.57. The Morgan fingerprint density at radius 1 is 1.32 bits per heavy atom. The monoisotopic (exact) mass is 260 g/mol. The summed E-state index contributed by atoms with van der Waals surface area (Å²) in [5.74, 6) is 0.489. The largest absolute Gasteiger partial charge is 0.389 e. The molecule has 1 heterocycles. The third kappa shape index (κ3) is 3.29. The molecule has 100 valence electrons. The van der Waals surface area contributed by atoms with Crippen LogP contribution in [0.25, 0.3) is 0 Å². The van der Waals surface area contributed by atoms with Gasteiger partial charge in [-0.05, 0) is 30.7 Å². The van der Waals surface area contributed by atoms with Crippen LogP contribution in [-0.4, -0.2) is 17.1 Å². The van der Waals surface area contributed by atoms with Crippen LogP contribution in [0.2, 0.25) is 0 Å². The van der Waals surface area contributed by atoms with Crippen LogP contribution in [0.3, 0.4) is 0 Å². The minimum Gasteiger partial charge on any atom is -0.389 e. The van der Waals surface area contributed by atoms with Crippen LogP contribution in [-0.2, 0) is 6.54 Å². The van der Waals surface area contributed by atoms with Crippen molar-refractivity contribution in [3.63, 3.8) is 0 Å². The molecular formula is C15H17FN2O. The maximum Gasteiger partial charge on any atom is 0.128 e. The highest BCUT2D eigenvalue weighted by Gasteiger charge is 2.09. The van der Waals surface area contributed by atoms with E-state index in [2.05, 4.69) is 4.98 Å². The number of pyridine rings is 1. The van der Waals surface area contributed by atoms with E-state index in [9.17, 15) is 9.50 Å². The Bertz CT molecular complexity index is 557. The summed E-state index contributed by atoms with van der Waals surface area (Å²) in [6.07, 6.45) is 1.11. The van der Waals surface area contributed by atoms with Gasteiger partial charge in [-0.25, -0.2) is 9.37 Å². The first-order chi connectivity index (χ1) is 9.08. The SMILES string of the molecule is C[C@@H](O)c1ccnc(N(C)Cc2ccccc2F)c1. The van der Waals surface area contributed by atoms with E-state index >= 15 is 0 Å². The molecule has 0 bridgehead atoms. The van der Waals surface area contributed by atoms with Crippen molar-refractivity contribution in [2.75, 3.05) is 11.9 Å². The molecule has 1 aromatic carbocycles. The molecule has 4 heteroatoms. The third-order valence-electron chi connectivity index (χ3n) is 3.01. The topological polar surface area (TPSA) is 36.4 Å². The molecule has 19 heavy (non-hydrogen) atoms. The van der Waals surface area contributed by atoms with E-state index in [1.807, 2.05) is 24.1 Å². The number of nitrogens with zero attached hydrogens (tertiary/aromatic N) is 2. The fourth-order valence-corrected chi connectivity index (χ4v) is 1.87.